The third-order valence-electron chi connectivity index (χ3n) is 2.93. The van der Waals surface area contributed by atoms with Crippen molar-refractivity contribution in [3.8, 4) is 11.6 Å². The lowest BCUT2D eigenvalue weighted by molar-refractivity contribution is 0.1000. The Balaban J connectivity index is 2.05. The molecular formula is C14H9BrFN3O2. The first-order valence-corrected chi connectivity index (χ1v) is 6.74. The van der Waals surface area contributed by atoms with Crippen LogP contribution in [0.15, 0.2) is 41.1 Å². The van der Waals surface area contributed by atoms with Crippen molar-refractivity contribution in [3.63, 3.8) is 0 Å². The van der Waals surface area contributed by atoms with E-state index in [1.165, 1.54) is 24.4 Å². The summed E-state index contributed by atoms with van der Waals surface area (Å²) in [5.41, 5.74) is 6.07. The molecule has 21 heavy (non-hydrogen) atoms. The molecule has 0 aliphatic rings. The molecule has 0 saturated heterocycles. The number of carbonyl (C=O) groups excluding carboxylic acids is 1. The monoisotopic (exact) mass is 349 g/mol. The Bertz CT molecular complexity index is 847. The number of H-pyrrole nitrogens is 1. The van der Waals surface area contributed by atoms with E-state index in [-0.39, 0.29) is 17.2 Å². The van der Waals surface area contributed by atoms with Crippen molar-refractivity contribution in [1.82, 2.24) is 9.97 Å². The van der Waals surface area contributed by atoms with Crippen LogP contribution in [-0.4, -0.2) is 15.9 Å². The molecule has 2 aromatic heterocycles. The second-order valence-corrected chi connectivity index (χ2v) is 5.08. The van der Waals surface area contributed by atoms with Gasteiger partial charge in [0.2, 0.25) is 11.8 Å². The fourth-order valence-electron chi connectivity index (χ4n) is 1.93. The van der Waals surface area contributed by atoms with Crippen molar-refractivity contribution in [2.45, 2.75) is 0 Å². The first-order valence-electron chi connectivity index (χ1n) is 5.95. The van der Waals surface area contributed by atoms with Crippen molar-refractivity contribution in [3.05, 3.63) is 52.5 Å². The Kier molecular flexibility index (Phi) is 3.34. The van der Waals surface area contributed by atoms with Gasteiger partial charge in [-0.2, -0.15) is 0 Å². The number of halogens is 2. The second kappa shape index (κ2) is 5.17. The minimum Gasteiger partial charge on any atom is -0.435 e. The number of hydrogen-bond donors (Lipinski definition) is 2. The number of primary amides is 1. The minimum absolute atomic E-state index is 0.00350. The van der Waals surface area contributed by atoms with Crippen LogP contribution in [0.4, 0.5) is 4.39 Å². The molecule has 7 heteroatoms. The Labute approximate surface area is 127 Å². The van der Waals surface area contributed by atoms with Crippen LogP contribution in [0.2, 0.25) is 0 Å². The number of carbonyl (C=O) groups is 1. The first-order chi connectivity index (χ1) is 10.1. The number of hydrogen-bond acceptors (Lipinski definition) is 3. The molecule has 0 aliphatic heterocycles. The van der Waals surface area contributed by atoms with E-state index in [0.29, 0.717) is 9.99 Å². The highest BCUT2D eigenvalue weighted by molar-refractivity contribution is 9.10. The van der Waals surface area contributed by atoms with Gasteiger partial charge in [-0.25, -0.2) is 9.37 Å². The molecule has 0 atom stereocenters. The number of rotatable bonds is 3. The van der Waals surface area contributed by atoms with Gasteiger partial charge in [-0.1, -0.05) is 0 Å². The summed E-state index contributed by atoms with van der Waals surface area (Å²) in [4.78, 5) is 18.0. The molecule has 5 nitrogen and oxygen atoms in total. The van der Waals surface area contributed by atoms with E-state index in [0.717, 1.165) is 5.39 Å². The number of pyridine rings is 1. The topological polar surface area (TPSA) is 81.0 Å². The van der Waals surface area contributed by atoms with E-state index in [9.17, 15) is 9.18 Å². The molecule has 0 unspecified atom stereocenters. The van der Waals surface area contributed by atoms with E-state index in [2.05, 4.69) is 25.9 Å². The number of fused-ring (bicyclic) bond motifs is 1. The van der Waals surface area contributed by atoms with Gasteiger partial charge in [0.05, 0.1) is 4.47 Å². The van der Waals surface area contributed by atoms with Crippen LogP contribution in [0.1, 0.15) is 10.4 Å². The molecule has 0 bridgehead atoms. The van der Waals surface area contributed by atoms with Gasteiger partial charge in [-0.3, -0.25) is 4.79 Å². The van der Waals surface area contributed by atoms with Crippen molar-refractivity contribution in [2.75, 3.05) is 0 Å². The number of amides is 1. The van der Waals surface area contributed by atoms with E-state index >= 15 is 0 Å². The van der Waals surface area contributed by atoms with Gasteiger partial charge in [-0.05, 0) is 28.1 Å². The minimum atomic E-state index is -0.608. The average molecular weight is 350 g/mol. The SMILES string of the molecule is NC(=O)c1ccnc(Oc2c(F)cc3[nH]ccc3c2Br)c1. The van der Waals surface area contributed by atoms with Gasteiger partial charge >= 0.3 is 0 Å². The van der Waals surface area contributed by atoms with Gasteiger partial charge in [0, 0.05) is 41.0 Å². The molecule has 0 fully saturated rings. The number of ether oxygens (including phenoxy) is 1. The number of benzene rings is 1. The molecule has 0 radical (unpaired) electrons. The lowest BCUT2D eigenvalue weighted by atomic mass is 10.2. The summed E-state index contributed by atoms with van der Waals surface area (Å²) in [6.07, 6.45) is 3.07. The lowest BCUT2D eigenvalue weighted by Crippen LogP contribution is -2.11. The largest absolute Gasteiger partial charge is 0.435 e. The number of nitrogens with two attached hydrogens (primary N) is 1. The highest BCUT2D eigenvalue weighted by atomic mass is 79.9. The zero-order chi connectivity index (χ0) is 15.0. The van der Waals surface area contributed by atoms with Gasteiger partial charge in [0.15, 0.2) is 11.6 Å². The quantitative estimate of drug-likeness (QED) is 0.760. The first kappa shape index (κ1) is 13.6. The predicted octanol–water partition coefficient (Wildman–Crippen LogP) is 3.36. The van der Waals surface area contributed by atoms with Crippen LogP contribution in [0.25, 0.3) is 10.9 Å². The lowest BCUT2D eigenvalue weighted by Gasteiger charge is -2.09. The summed E-state index contributed by atoms with van der Waals surface area (Å²) in [6.45, 7) is 0. The van der Waals surface area contributed by atoms with Gasteiger partial charge in [-0.15, -0.1) is 0 Å². The summed E-state index contributed by atoms with van der Waals surface area (Å²) in [5.74, 6) is -1.08. The van der Waals surface area contributed by atoms with Crippen molar-refractivity contribution in [1.29, 1.82) is 0 Å². The Hall–Kier alpha value is -2.41. The van der Waals surface area contributed by atoms with E-state index in [1.807, 2.05) is 0 Å². The van der Waals surface area contributed by atoms with Crippen LogP contribution in [-0.2, 0) is 0 Å². The van der Waals surface area contributed by atoms with Crippen LogP contribution in [0, 0.1) is 5.82 Å². The normalized spacial score (nSPS) is 10.8. The van der Waals surface area contributed by atoms with Crippen molar-refractivity contribution < 1.29 is 13.9 Å². The summed E-state index contributed by atoms with van der Waals surface area (Å²) in [5, 5.41) is 0.775. The zero-order valence-corrected chi connectivity index (χ0v) is 12.1. The van der Waals surface area contributed by atoms with Crippen molar-refractivity contribution >= 4 is 32.7 Å². The summed E-state index contributed by atoms with van der Waals surface area (Å²) >= 11 is 3.31. The maximum Gasteiger partial charge on any atom is 0.248 e. The average Bonchev–Trinajstić information content (AvgIpc) is 2.92. The number of aromatic amines is 1. The predicted molar refractivity (Wildman–Crippen MR) is 78.8 cm³/mol. The Morgan fingerprint density at radius 3 is 2.95 bits per heavy atom. The standard InChI is InChI=1S/C14H9BrFN3O2/c15-12-8-2-4-18-10(8)6-9(16)13(12)21-11-5-7(14(17)20)1-3-19-11/h1-6,18H,(H2,17,20). The maximum atomic E-state index is 14.1. The zero-order valence-electron chi connectivity index (χ0n) is 10.6. The van der Waals surface area contributed by atoms with Gasteiger partial charge in [0.25, 0.3) is 0 Å². The summed E-state index contributed by atoms with van der Waals surface area (Å²) in [6, 6.07) is 5.93. The highest BCUT2D eigenvalue weighted by Gasteiger charge is 2.15. The third-order valence-corrected chi connectivity index (χ3v) is 3.72. The molecule has 1 aromatic carbocycles. The molecule has 3 rings (SSSR count). The molecule has 3 N–H and O–H groups in total. The van der Waals surface area contributed by atoms with Crippen LogP contribution < -0.4 is 10.5 Å². The van der Waals surface area contributed by atoms with E-state index in [1.54, 1.807) is 12.3 Å². The third kappa shape index (κ3) is 2.47. The fourth-order valence-corrected chi connectivity index (χ4v) is 2.55. The molecule has 106 valence electrons. The van der Waals surface area contributed by atoms with Crippen LogP contribution in [0.5, 0.6) is 11.6 Å². The van der Waals surface area contributed by atoms with Gasteiger partial charge in [0.1, 0.15) is 0 Å². The maximum absolute atomic E-state index is 14.1. The molecule has 0 saturated carbocycles. The summed E-state index contributed by atoms with van der Waals surface area (Å²) < 4.78 is 20.0. The van der Waals surface area contributed by atoms with E-state index < -0.39 is 11.7 Å². The number of aromatic nitrogens is 2. The van der Waals surface area contributed by atoms with E-state index in [4.69, 9.17) is 10.5 Å². The van der Waals surface area contributed by atoms with Gasteiger partial charge < -0.3 is 15.5 Å². The highest BCUT2D eigenvalue weighted by Crippen LogP contribution is 2.37. The summed E-state index contributed by atoms with van der Waals surface area (Å²) in [7, 11) is 0. The molecule has 2 heterocycles. The number of nitrogens with zero attached hydrogens (tertiary/aromatic N) is 1. The Morgan fingerprint density at radius 2 is 2.19 bits per heavy atom. The fraction of sp³-hybridized carbons (Fsp3) is 0. The van der Waals surface area contributed by atoms with Crippen molar-refractivity contribution in [2.24, 2.45) is 5.73 Å². The number of nitrogens with one attached hydrogen (secondary N) is 1. The molecule has 0 spiro atoms. The van der Waals surface area contributed by atoms with Crippen LogP contribution in [0.3, 0.4) is 0 Å². The molecule has 1 amide bonds. The Morgan fingerprint density at radius 1 is 1.38 bits per heavy atom. The smallest absolute Gasteiger partial charge is 0.248 e. The van der Waals surface area contributed by atoms with Crippen LogP contribution >= 0.6 is 15.9 Å². The second-order valence-electron chi connectivity index (χ2n) is 4.29. The molecule has 3 aromatic rings. The molecule has 0 aliphatic carbocycles. The molecular weight excluding hydrogens is 341 g/mol.